The zero-order chi connectivity index (χ0) is 28.8. The van der Waals surface area contributed by atoms with Crippen molar-refractivity contribution in [3.63, 3.8) is 0 Å². The lowest BCUT2D eigenvalue weighted by molar-refractivity contribution is -0.113. The summed E-state index contributed by atoms with van der Waals surface area (Å²) in [7, 11) is 2.16. The first-order chi connectivity index (χ1) is 19.9. The zero-order valence-corrected chi connectivity index (χ0v) is 24.3. The van der Waals surface area contributed by atoms with Gasteiger partial charge in [-0.25, -0.2) is 4.79 Å². The van der Waals surface area contributed by atoms with E-state index in [1.54, 1.807) is 29.2 Å². The highest BCUT2D eigenvalue weighted by Gasteiger charge is 2.33. The fourth-order valence-corrected chi connectivity index (χ4v) is 5.82. The van der Waals surface area contributed by atoms with Crippen molar-refractivity contribution in [3.8, 4) is 17.2 Å². The van der Waals surface area contributed by atoms with Gasteiger partial charge in [0.15, 0.2) is 4.32 Å². The SMILES string of the molecule is CN1CCN(CCCOc2ccc(N3C(=O)/C(=C/c4ccc(Oc5ccc(C(=O)O)cc5)cc4)SC3=S)cc2)CC1. The van der Waals surface area contributed by atoms with E-state index in [-0.39, 0.29) is 11.5 Å². The van der Waals surface area contributed by atoms with Gasteiger partial charge in [0.05, 0.1) is 22.8 Å². The molecule has 0 bridgehead atoms. The number of amides is 1. The van der Waals surface area contributed by atoms with Gasteiger partial charge in [-0.1, -0.05) is 36.1 Å². The molecule has 2 heterocycles. The molecule has 2 aliphatic rings. The van der Waals surface area contributed by atoms with Gasteiger partial charge in [-0.15, -0.1) is 0 Å². The zero-order valence-electron chi connectivity index (χ0n) is 22.7. The Morgan fingerprint density at radius 3 is 2.17 bits per heavy atom. The molecule has 5 rings (SSSR count). The van der Waals surface area contributed by atoms with Crippen molar-refractivity contribution >= 4 is 51.9 Å². The lowest BCUT2D eigenvalue weighted by atomic mass is 10.2. The summed E-state index contributed by atoms with van der Waals surface area (Å²) in [5.41, 5.74) is 1.74. The molecule has 0 atom stereocenters. The second-order valence-corrected chi connectivity index (χ2v) is 11.5. The number of thiocarbonyl (C=S) groups is 1. The number of benzene rings is 3. The Bertz CT molecular complexity index is 1420. The molecular formula is C31H31N3O5S2. The minimum absolute atomic E-state index is 0.167. The third-order valence-corrected chi connectivity index (χ3v) is 8.19. The number of aromatic carboxylic acids is 1. The molecule has 2 fully saturated rings. The van der Waals surface area contributed by atoms with Gasteiger partial charge >= 0.3 is 5.97 Å². The van der Waals surface area contributed by atoms with Crippen molar-refractivity contribution in [2.45, 2.75) is 6.42 Å². The first-order valence-corrected chi connectivity index (χ1v) is 14.6. The molecule has 0 saturated carbocycles. The van der Waals surface area contributed by atoms with Crippen LogP contribution in [0.3, 0.4) is 0 Å². The third-order valence-electron chi connectivity index (χ3n) is 6.89. The number of hydrogen-bond donors (Lipinski definition) is 1. The van der Waals surface area contributed by atoms with Crippen LogP contribution in [0, 0.1) is 0 Å². The molecule has 3 aromatic rings. The van der Waals surface area contributed by atoms with Crippen LogP contribution in [0.4, 0.5) is 5.69 Å². The first kappa shape index (κ1) is 28.8. The Morgan fingerprint density at radius 2 is 1.54 bits per heavy atom. The number of thioether (sulfide) groups is 1. The van der Waals surface area contributed by atoms with Crippen LogP contribution in [-0.2, 0) is 4.79 Å². The molecule has 41 heavy (non-hydrogen) atoms. The van der Waals surface area contributed by atoms with Crippen LogP contribution in [-0.4, -0.2) is 77.5 Å². The minimum Gasteiger partial charge on any atom is -0.494 e. The van der Waals surface area contributed by atoms with Gasteiger partial charge in [-0.2, -0.15) is 0 Å². The molecule has 2 saturated heterocycles. The van der Waals surface area contributed by atoms with E-state index in [0.29, 0.717) is 33.0 Å². The fourth-order valence-electron chi connectivity index (χ4n) is 4.52. The number of anilines is 1. The molecular weight excluding hydrogens is 558 g/mol. The molecule has 10 heteroatoms. The molecule has 1 N–H and O–H groups in total. The highest BCUT2D eigenvalue weighted by Crippen LogP contribution is 2.36. The van der Waals surface area contributed by atoms with Crippen molar-refractivity contribution in [1.29, 1.82) is 0 Å². The van der Waals surface area contributed by atoms with Crippen molar-refractivity contribution < 1.29 is 24.2 Å². The van der Waals surface area contributed by atoms with Gasteiger partial charge in [0.25, 0.3) is 5.91 Å². The number of nitrogens with zero attached hydrogens (tertiary/aromatic N) is 3. The number of ether oxygens (including phenoxy) is 2. The molecule has 0 aliphatic carbocycles. The van der Waals surface area contributed by atoms with Crippen LogP contribution >= 0.6 is 24.0 Å². The van der Waals surface area contributed by atoms with Crippen molar-refractivity contribution in [2.24, 2.45) is 0 Å². The Hall–Kier alpha value is -3.70. The maximum Gasteiger partial charge on any atom is 0.335 e. The summed E-state index contributed by atoms with van der Waals surface area (Å²) in [6.07, 6.45) is 2.78. The second-order valence-electron chi connectivity index (χ2n) is 9.86. The first-order valence-electron chi connectivity index (χ1n) is 13.4. The lowest BCUT2D eigenvalue weighted by Crippen LogP contribution is -2.44. The smallest absolute Gasteiger partial charge is 0.335 e. The average Bonchev–Trinajstić information content (AvgIpc) is 3.25. The number of hydrogen-bond acceptors (Lipinski definition) is 8. The van der Waals surface area contributed by atoms with Gasteiger partial charge in [-0.3, -0.25) is 9.69 Å². The van der Waals surface area contributed by atoms with Gasteiger partial charge in [0.2, 0.25) is 0 Å². The summed E-state index contributed by atoms with van der Waals surface area (Å²) in [5.74, 6) is 0.748. The van der Waals surface area contributed by atoms with Crippen molar-refractivity contribution in [3.05, 3.63) is 88.8 Å². The predicted octanol–water partition coefficient (Wildman–Crippen LogP) is 5.60. The van der Waals surface area contributed by atoms with Crippen LogP contribution in [0.5, 0.6) is 17.2 Å². The summed E-state index contributed by atoms with van der Waals surface area (Å²) in [5, 5.41) is 9.03. The molecule has 0 aromatic heterocycles. The summed E-state index contributed by atoms with van der Waals surface area (Å²) < 4.78 is 12.2. The number of carbonyl (C=O) groups excluding carboxylic acids is 1. The Morgan fingerprint density at radius 1 is 0.927 bits per heavy atom. The Balaban J connectivity index is 1.14. The van der Waals surface area contributed by atoms with Crippen molar-refractivity contribution in [1.82, 2.24) is 9.80 Å². The van der Waals surface area contributed by atoms with Gasteiger partial charge in [0, 0.05) is 32.7 Å². The van der Waals surface area contributed by atoms with Crippen LogP contribution in [0.25, 0.3) is 6.08 Å². The molecule has 1 amide bonds. The second kappa shape index (κ2) is 13.3. The molecule has 0 spiro atoms. The maximum absolute atomic E-state index is 13.2. The normalized spacial score (nSPS) is 17.3. The fraction of sp³-hybridized carbons (Fsp3) is 0.258. The standard InChI is InChI=1S/C31H31N3O5S2/c1-32-16-18-33(19-17-32)15-2-20-38-25-13-7-24(8-14-25)34-29(35)28(41-31(34)40)21-22-3-9-26(10-4-22)39-27-11-5-23(6-12-27)30(36)37/h3-14,21H,2,15-20H2,1H3,(H,36,37)/b28-21-. The topological polar surface area (TPSA) is 82.5 Å². The summed E-state index contributed by atoms with van der Waals surface area (Å²) in [6.45, 7) is 6.13. The van der Waals surface area contributed by atoms with E-state index < -0.39 is 5.97 Å². The minimum atomic E-state index is -0.986. The van der Waals surface area contributed by atoms with E-state index in [0.717, 1.165) is 50.5 Å². The van der Waals surface area contributed by atoms with Crippen LogP contribution in [0.2, 0.25) is 0 Å². The number of rotatable bonds is 10. The number of carboxylic acids is 1. The van der Waals surface area contributed by atoms with Gasteiger partial charge < -0.3 is 24.4 Å². The number of piperazine rings is 1. The molecule has 0 radical (unpaired) electrons. The average molecular weight is 590 g/mol. The van der Waals surface area contributed by atoms with E-state index in [1.165, 1.54) is 23.9 Å². The molecule has 2 aliphatic heterocycles. The summed E-state index contributed by atoms with van der Waals surface area (Å²) in [4.78, 5) is 31.1. The highest BCUT2D eigenvalue weighted by atomic mass is 32.2. The Kier molecular flexibility index (Phi) is 9.35. The van der Waals surface area contributed by atoms with E-state index in [4.69, 9.17) is 26.8 Å². The number of likely N-dealkylation sites (N-methyl/N-ethyl adjacent to an activating group) is 1. The van der Waals surface area contributed by atoms with Gasteiger partial charge in [-0.05, 0) is 85.8 Å². The van der Waals surface area contributed by atoms with E-state index in [2.05, 4.69) is 16.8 Å². The van der Waals surface area contributed by atoms with E-state index >= 15 is 0 Å². The lowest BCUT2D eigenvalue weighted by Gasteiger charge is -2.32. The van der Waals surface area contributed by atoms with Gasteiger partial charge in [0.1, 0.15) is 17.2 Å². The number of carbonyl (C=O) groups is 2. The highest BCUT2D eigenvalue weighted by molar-refractivity contribution is 8.27. The van der Waals surface area contributed by atoms with Crippen molar-refractivity contribution in [2.75, 3.05) is 51.3 Å². The van der Waals surface area contributed by atoms with Crippen LogP contribution in [0.15, 0.2) is 77.7 Å². The quantitative estimate of drug-likeness (QED) is 0.185. The number of carboxylic acid groups (broad SMARTS) is 1. The Labute approximate surface area is 249 Å². The summed E-state index contributed by atoms with van der Waals surface area (Å²) in [6, 6.07) is 21.0. The van der Waals surface area contributed by atoms with Crippen LogP contribution < -0.4 is 14.4 Å². The predicted molar refractivity (Wildman–Crippen MR) is 166 cm³/mol. The van der Waals surface area contributed by atoms with E-state index in [1.807, 2.05) is 42.5 Å². The molecule has 212 valence electrons. The molecule has 8 nitrogen and oxygen atoms in total. The summed E-state index contributed by atoms with van der Waals surface area (Å²) >= 11 is 6.80. The monoisotopic (exact) mass is 589 g/mol. The third kappa shape index (κ3) is 7.53. The maximum atomic E-state index is 13.2. The molecule has 0 unspecified atom stereocenters. The largest absolute Gasteiger partial charge is 0.494 e. The van der Waals surface area contributed by atoms with E-state index in [9.17, 15) is 9.59 Å². The molecule has 3 aromatic carbocycles. The van der Waals surface area contributed by atoms with Crippen LogP contribution in [0.1, 0.15) is 22.3 Å².